The fourth-order valence-electron chi connectivity index (χ4n) is 2.78. The third-order valence-electron chi connectivity index (χ3n) is 4.05. The average Bonchev–Trinajstić information content (AvgIpc) is 2.98. The maximum Gasteiger partial charge on any atom is 0.191 e. The van der Waals surface area contributed by atoms with Gasteiger partial charge in [-0.2, -0.15) is 0 Å². The zero-order valence-corrected chi connectivity index (χ0v) is 17.6. The topological polar surface area (TPSA) is 48.9 Å². The van der Waals surface area contributed by atoms with Gasteiger partial charge in [-0.3, -0.25) is 0 Å². The Morgan fingerprint density at radius 2 is 2.08 bits per heavy atom. The first-order valence-corrected chi connectivity index (χ1v) is 8.69. The van der Waals surface area contributed by atoms with Crippen molar-refractivity contribution >= 4 is 29.9 Å². The van der Waals surface area contributed by atoms with Gasteiger partial charge in [0, 0.05) is 19.6 Å². The quantitative estimate of drug-likeness (QED) is 0.370. The molecule has 142 valence electrons. The summed E-state index contributed by atoms with van der Waals surface area (Å²) in [5, 5.41) is 6.68. The van der Waals surface area contributed by atoms with Crippen molar-refractivity contribution < 1.29 is 9.13 Å². The van der Waals surface area contributed by atoms with Crippen molar-refractivity contribution in [2.75, 3.05) is 39.8 Å². The molecular formula is C18H30FIN4O. The number of halogens is 2. The molecule has 1 fully saturated rings. The summed E-state index contributed by atoms with van der Waals surface area (Å²) in [5.41, 5.74) is 0. The van der Waals surface area contributed by atoms with E-state index in [2.05, 4.69) is 34.5 Å². The van der Waals surface area contributed by atoms with Crippen LogP contribution in [0.25, 0.3) is 0 Å². The van der Waals surface area contributed by atoms with Crippen molar-refractivity contribution in [1.29, 1.82) is 0 Å². The minimum atomic E-state index is -0.260. The van der Waals surface area contributed by atoms with E-state index in [-0.39, 0.29) is 35.9 Å². The summed E-state index contributed by atoms with van der Waals surface area (Å²) in [6, 6.07) is 6.07. The van der Waals surface area contributed by atoms with E-state index in [4.69, 9.17) is 4.74 Å². The van der Waals surface area contributed by atoms with E-state index in [1.54, 1.807) is 12.1 Å². The molecule has 0 aromatic heterocycles. The Labute approximate surface area is 167 Å². The van der Waals surface area contributed by atoms with Crippen LogP contribution in [0.4, 0.5) is 4.39 Å². The van der Waals surface area contributed by atoms with Gasteiger partial charge in [-0.25, -0.2) is 9.38 Å². The van der Waals surface area contributed by atoms with Gasteiger partial charge in [0.25, 0.3) is 0 Å². The summed E-state index contributed by atoms with van der Waals surface area (Å²) in [6.45, 7) is 8.62. The van der Waals surface area contributed by atoms with E-state index in [0.717, 1.165) is 25.6 Å². The Balaban J connectivity index is 0.00000312. The molecule has 0 saturated carbocycles. The minimum absolute atomic E-state index is 0. The standard InChI is InChI=1S/C18H29FN4O.HI/c1-4-20-18(22-12-15-9-10-23(3)13-15)21-11-14(2)24-17-7-5-16(19)6-8-17;/h5-8,14-15H,4,9-13H2,1-3H3,(H2,20,21,22);1H. The highest BCUT2D eigenvalue weighted by Crippen LogP contribution is 2.14. The van der Waals surface area contributed by atoms with Crippen LogP contribution >= 0.6 is 24.0 Å². The second-order valence-electron chi connectivity index (χ2n) is 6.40. The van der Waals surface area contributed by atoms with Crippen molar-refractivity contribution in [3.63, 3.8) is 0 Å². The lowest BCUT2D eigenvalue weighted by atomic mass is 10.1. The third kappa shape index (κ3) is 8.22. The van der Waals surface area contributed by atoms with Crippen LogP contribution < -0.4 is 15.4 Å². The van der Waals surface area contributed by atoms with Crippen molar-refractivity contribution in [1.82, 2.24) is 15.5 Å². The lowest BCUT2D eigenvalue weighted by molar-refractivity contribution is 0.230. The number of ether oxygens (including phenoxy) is 1. The molecule has 2 atom stereocenters. The average molecular weight is 464 g/mol. The fraction of sp³-hybridized carbons (Fsp3) is 0.611. The predicted molar refractivity (Wildman–Crippen MR) is 111 cm³/mol. The predicted octanol–water partition coefficient (Wildman–Crippen LogP) is 2.72. The summed E-state index contributed by atoms with van der Waals surface area (Å²) in [7, 11) is 2.16. The zero-order valence-electron chi connectivity index (χ0n) is 15.3. The third-order valence-corrected chi connectivity index (χ3v) is 4.05. The van der Waals surface area contributed by atoms with Gasteiger partial charge in [-0.15, -0.1) is 24.0 Å². The van der Waals surface area contributed by atoms with Gasteiger partial charge in [0.05, 0.1) is 6.54 Å². The molecule has 1 aliphatic rings. The van der Waals surface area contributed by atoms with Crippen LogP contribution in [0.15, 0.2) is 29.3 Å². The SMILES string of the molecule is CCNC(=NCC(C)Oc1ccc(F)cc1)NCC1CCN(C)C1.I. The number of nitrogens with one attached hydrogen (secondary N) is 2. The Hall–Kier alpha value is -1.09. The highest BCUT2D eigenvalue weighted by molar-refractivity contribution is 14.0. The molecule has 0 bridgehead atoms. The van der Waals surface area contributed by atoms with Crippen LogP contribution in [0.2, 0.25) is 0 Å². The van der Waals surface area contributed by atoms with Crippen molar-refractivity contribution in [3.05, 3.63) is 30.1 Å². The molecule has 7 heteroatoms. The van der Waals surface area contributed by atoms with Crippen LogP contribution in [0.3, 0.4) is 0 Å². The molecule has 1 heterocycles. The highest BCUT2D eigenvalue weighted by Gasteiger charge is 2.19. The van der Waals surface area contributed by atoms with Gasteiger partial charge >= 0.3 is 0 Å². The monoisotopic (exact) mass is 464 g/mol. The van der Waals surface area contributed by atoms with Gasteiger partial charge in [-0.05, 0) is 64.0 Å². The lowest BCUT2D eigenvalue weighted by Crippen LogP contribution is -2.40. The molecule has 0 spiro atoms. The Morgan fingerprint density at radius 1 is 1.36 bits per heavy atom. The zero-order chi connectivity index (χ0) is 17.4. The Morgan fingerprint density at radius 3 is 2.68 bits per heavy atom. The van der Waals surface area contributed by atoms with Crippen LogP contribution in [-0.2, 0) is 0 Å². The fourth-order valence-corrected chi connectivity index (χ4v) is 2.78. The maximum atomic E-state index is 12.9. The summed E-state index contributed by atoms with van der Waals surface area (Å²) < 4.78 is 18.7. The highest BCUT2D eigenvalue weighted by atomic mass is 127. The van der Waals surface area contributed by atoms with Crippen molar-refractivity contribution in [3.8, 4) is 5.75 Å². The molecule has 0 aliphatic carbocycles. The molecule has 1 aromatic rings. The molecule has 0 amide bonds. The van der Waals surface area contributed by atoms with Gasteiger partial charge < -0.3 is 20.3 Å². The molecule has 2 N–H and O–H groups in total. The molecule has 25 heavy (non-hydrogen) atoms. The largest absolute Gasteiger partial charge is 0.489 e. The number of likely N-dealkylation sites (tertiary alicyclic amines) is 1. The van der Waals surface area contributed by atoms with Crippen LogP contribution in [0.5, 0.6) is 5.75 Å². The normalized spacial score (nSPS) is 19.2. The number of nitrogens with zero attached hydrogens (tertiary/aromatic N) is 2. The first kappa shape index (κ1) is 22.0. The summed E-state index contributed by atoms with van der Waals surface area (Å²) in [6.07, 6.45) is 1.15. The summed E-state index contributed by atoms with van der Waals surface area (Å²) in [5.74, 6) is 1.89. The summed E-state index contributed by atoms with van der Waals surface area (Å²) in [4.78, 5) is 6.95. The van der Waals surface area contributed by atoms with Crippen molar-refractivity contribution in [2.45, 2.75) is 26.4 Å². The molecule has 2 unspecified atom stereocenters. The second kappa shape index (κ2) is 11.5. The number of benzene rings is 1. The van der Waals surface area contributed by atoms with Crippen LogP contribution in [0, 0.1) is 11.7 Å². The number of hydrogen-bond acceptors (Lipinski definition) is 3. The number of hydrogen-bond donors (Lipinski definition) is 2. The van der Waals surface area contributed by atoms with Gasteiger partial charge in [-0.1, -0.05) is 0 Å². The van der Waals surface area contributed by atoms with Crippen LogP contribution in [0.1, 0.15) is 20.3 Å². The van der Waals surface area contributed by atoms with Gasteiger partial charge in [0.1, 0.15) is 17.7 Å². The van der Waals surface area contributed by atoms with E-state index >= 15 is 0 Å². The maximum absolute atomic E-state index is 12.9. The lowest BCUT2D eigenvalue weighted by Gasteiger charge is -2.17. The van der Waals surface area contributed by atoms with Crippen molar-refractivity contribution in [2.24, 2.45) is 10.9 Å². The van der Waals surface area contributed by atoms with E-state index in [1.165, 1.54) is 25.1 Å². The van der Waals surface area contributed by atoms with E-state index in [1.807, 2.05) is 6.92 Å². The van der Waals surface area contributed by atoms with E-state index in [0.29, 0.717) is 18.2 Å². The smallest absolute Gasteiger partial charge is 0.191 e. The minimum Gasteiger partial charge on any atom is -0.489 e. The first-order valence-electron chi connectivity index (χ1n) is 8.69. The number of rotatable bonds is 7. The van der Waals surface area contributed by atoms with Gasteiger partial charge in [0.15, 0.2) is 5.96 Å². The number of guanidine groups is 1. The molecule has 2 rings (SSSR count). The molecule has 1 aliphatic heterocycles. The Bertz CT molecular complexity index is 526. The molecular weight excluding hydrogens is 434 g/mol. The molecule has 1 aromatic carbocycles. The Kier molecular flexibility index (Phi) is 10.1. The number of aliphatic imine (C=N–C) groups is 1. The van der Waals surface area contributed by atoms with E-state index in [9.17, 15) is 4.39 Å². The molecule has 0 radical (unpaired) electrons. The van der Waals surface area contributed by atoms with Gasteiger partial charge in [0.2, 0.25) is 0 Å². The molecule has 1 saturated heterocycles. The molecule has 5 nitrogen and oxygen atoms in total. The second-order valence-corrected chi connectivity index (χ2v) is 6.40. The van der Waals surface area contributed by atoms with Crippen LogP contribution in [-0.4, -0.2) is 56.7 Å². The first-order chi connectivity index (χ1) is 11.6. The summed E-state index contributed by atoms with van der Waals surface area (Å²) >= 11 is 0. The van der Waals surface area contributed by atoms with E-state index < -0.39 is 0 Å².